The average Bonchev–Trinajstić information content (AvgIpc) is 3.07. The largest absolute Gasteiger partial charge is 0.473 e. The van der Waals surface area contributed by atoms with Crippen LogP contribution in [0.2, 0.25) is 5.02 Å². The van der Waals surface area contributed by atoms with Gasteiger partial charge in [-0.25, -0.2) is 9.78 Å². The summed E-state index contributed by atoms with van der Waals surface area (Å²) < 4.78 is 7.70. The number of fused-ring (bicyclic) bond motifs is 1. The van der Waals surface area contributed by atoms with Crippen molar-refractivity contribution in [3.63, 3.8) is 0 Å². The molecule has 0 radical (unpaired) electrons. The number of hydrogen-bond acceptors (Lipinski definition) is 5. The van der Waals surface area contributed by atoms with Crippen molar-refractivity contribution in [3.8, 4) is 17.0 Å². The number of H-pyrrole nitrogens is 1. The first-order chi connectivity index (χ1) is 13.6. The Labute approximate surface area is 165 Å². The van der Waals surface area contributed by atoms with E-state index in [-0.39, 0.29) is 12.1 Å². The molecular formula is C20H18ClN5O2. The van der Waals surface area contributed by atoms with E-state index in [4.69, 9.17) is 22.1 Å². The van der Waals surface area contributed by atoms with Crippen LogP contribution in [0.15, 0.2) is 53.5 Å². The molecule has 4 rings (SSSR count). The molecule has 0 aliphatic carbocycles. The molecule has 2 aromatic carbocycles. The van der Waals surface area contributed by atoms with Crippen molar-refractivity contribution in [3.05, 3.63) is 75.3 Å². The van der Waals surface area contributed by atoms with Crippen LogP contribution in [0.5, 0.6) is 5.88 Å². The molecule has 4 aromatic rings. The number of nitrogens with two attached hydrogens (primary N) is 1. The van der Waals surface area contributed by atoms with Crippen molar-refractivity contribution < 1.29 is 4.74 Å². The van der Waals surface area contributed by atoms with Gasteiger partial charge in [-0.05, 0) is 35.4 Å². The fourth-order valence-corrected chi connectivity index (χ4v) is 3.33. The molecule has 2 aromatic heterocycles. The summed E-state index contributed by atoms with van der Waals surface area (Å²) >= 11 is 6.04. The Morgan fingerprint density at radius 1 is 1.21 bits per heavy atom. The zero-order valence-corrected chi connectivity index (χ0v) is 15.9. The molecule has 28 heavy (non-hydrogen) atoms. The molecule has 0 bridgehead atoms. The summed E-state index contributed by atoms with van der Waals surface area (Å²) in [5, 5.41) is 12.8. The van der Waals surface area contributed by atoms with Gasteiger partial charge in [0.05, 0.1) is 22.8 Å². The minimum absolute atomic E-state index is 0.224. The molecule has 0 saturated carbocycles. The Balaban J connectivity index is 1.73. The van der Waals surface area contributed by atoms with Crippen LogP contribution in [-0.4, -0.2) is 20.0 Å². The van der Waals surface area contributed by atoms with E-state index in [1.807, 2.05) is 43.4 Å². The van der Waals surface area contributed by atoms with E-state index >= 15 is 0 Å². The number of hydrogen-bond donors (Lipinski definition) is 2. The van der Waals surface area contributed by atoms with Crippen molar-refractivity contribution >= 4 is 22.4 Å². The first kappa shape index (κ1) is 18.2. The summed E-state index contributed by atoms with van der Waals surface area (Å²) in [6, 6.07) is 13.0. The van der Waals surface area contributed by atoms with E-state index in [0.29, 0.717) is 34.0 Å². The molecule has 0 amide bonds. The molecule has 0 fully saturated rings. The summed E-state index contributed by atoms with van der Waals surface area (Å²) in [7, 11) is 1.81. The molecule has 0 unspecified atom stereocenters. The maximum atomic E-state index is 12.0. The smallest absolute Gasteiger partial charge is 0.272 e. The number of nitrogens with one attached hydrogen (secondary N) is 1. The maximum absolute atomic E-state index is 12.0. The molecule has 0 atom stereocenters. The first-order valence-corrected chi connectivity index (χ1v) is 9.05. The second-order valence-corrected chi connectivity index (χ2v) is 6.81. The van der Waals surface area contributed by atoms with Crippen LogP contribution < -0.4 is 16.0 Å². The number of ether oxygens (including phenoxy) is 1. The van der Waals surface area contributed by atoms with Gasteiger partial charge in [0.15, 0.2) is 0 Å². The highest BCUT2D eigenvalue weighted by atomic mass is 35.5. The molecule has 0 aliphatic rings. The third-order valence-electron chi connectivity index (χ3n) is 4.52. The fourth-order valence-electron chi connectivity index (χ4n) is 3.12. The van der Waals surface area contributed by atoms with E-state index in [1.165, 1.54) is 0 Å². The molecule has 142 valence electrons. The van der Waals surface area contributed by atoms with Crippen LogP contribution in [-0.2, 0) is 20.2 Å². The Morgan fingerprint density at radius 3 is 2.86 bits per heavy atom. The maximum Gasteiger partial charge on any atom is 0.272 e. The molecule has 3 N–H and O–H groups in total. The zero-order valence-electron chi connectivity index (χ0n) is 15.1. The van der Waals surface area contributed by atoms with Gasteiger partial charge in [-0.3, -0.25) is 4.79 Å². The Hall–Kier alpha value is -3.16. The first-order valence-electron chi connectivity index (χ1n) is 8.68. The lowest BCUT2D eigenvalue weighted by molar-refractivity contribution is 0.280. The second-order valence-electron chi connectivity index (χ2n) is 6.37. The van der Waals surface area contributed by atoms with Crippen molar-refractivity contribution in [2.24, 2.45) is 12.8 Å². The monoisotopic (exact) mass is 395 g/mol. The van der Waals surface area contributed by atoms with Gasteiger partial charge < -0.3 is 10.5 Å². The zero-order chi connectivity index (χ0) is 19.7. The quantitative estimate of drug-likeness (QED) is 0.541. The van der Waals surface area contributed by atoms with Gasteiger partial charge in [0.1, 0.15) is 6.61 Å². The van der Waals surface area contributed by atoms with Crippen LogP contribution in [0.1, 0.15) is 11.3 Å². The normalized spacial score (nSPS) is 11.1. The van der Waals surface area contributed by atoms with E-state index in [2.05, 4.69) is 15.3 Å². The lowest BCUT2D eigenvalue weighted by Crippen LogP contribution is -2.13. The van der Waals surface area contributed by atoms with Crippen molar-refractivity contribution in [2.45, 2.75) is 13.2 Å². The molecular weight excluding hydrogens is 378 g/mol. The number of nitrogens with zero attached hydrogens (tertiary/aromatic N) is 3. The topological polar surface area (TPSA) is 98.8 Å². The lowest BCUT2D eigenvalue weighted by atomic mass is 10.0. The van der Waals surface area contributed by atoms with Gasteiger partial charge in [0, 0.05) is 24.0 Å². The van der Waals surface area contributed by atoms with Crippen molar-refractivity contribution in [1.82, 2.24) is 20.0 Å². The predicted molar refractivity (Wildman–Crippen MR) is 108 cm³/mol. The molecule has 0 saturated heterocycles. The Bertz CT molecular complexity index is 1210. The van der Waals surface area contributed by atoms with Gasteiger partial charge >= 0.3 is 0 Å². The van der Waals surface area contributed by atoms with Crippen molar-refractivity contribution in [2.75, 3.05) is 0 Å². The number of halogens is 1. The van der Waals surface area contributed by atoms with E-state index < -0.39 is 0 Å². The van der Waals surface area contributed by atoms with Gasteiger partial charge in [0.2, 0.25) is 5.88 Å². The summed E-state index contributed by atoms with van der Waals surface area (Å²) in [4.78, 5) is 12.0. The predicted octanol–water partition coefficient (Wildman–Crippen LogP) is 3.01. The third-order valence-corrected chi connectivity index (χ3v) is 4.76. The SMILES string of the molecule is Cn1ncc(-c2ccc3c(=O)[nH]nc(CN)c3c2)c1OCc1cccc(Cl)c1. The highest BCUT2D eigenvalue weighted by molar-refractivity contribution is 6.30. The van der Waals surface area contributed by atoms with E-state index in [9.17, 15) is 4.79 Å². The molecule has 8 heteroatoms. The Kier molecular flexibility index (Phi) is 4.85. The fraction of sp³-hybridized carbons (Fsp3) is 0.150. The van der Waals surface area contributed by atoms with E-state index in [0.717, 1.165) is 16.7 Å². The third kappa shape index (κ3) is 3.37. The van der Waals surface area contributed by atoms with Gasteiger partial charge in [-0.15, -0.1) is 0 Å². The summed E-state index contributed by atoms with van der Waals surface area (Å²) in [6.07, 6.45) is 1.73. The lowest BCUT2D eigenvalue weighted by Gasteiger charge is -2.10. The van der Waals surface area contributed by atoms with Gasteiger partial charge in [-0.1, -0.05) is 29.8 Å². The molecule has 7 nitrogen and oxygen atoms in total. The van der Waals surface area contributed by atoms with Gasteiger partial charge in [0.25, 0.3) is 5.56 Å². The van der Waals surface area contributed by atoms with E-state index in [1.54, 1.807) is 16.9 Å². The van der Waals surface area contributed by atoms with Crippen LogP contribution >= 0.6 is 11.6 Å². The number of benzene rings is 2. The van der Waals surface area contributed by atoms with Crippen LogP contribution in [0.3, 0.4) is 0 Å². The minimum atomic E-state index is -0.248. The number of aromatic amines is 1. The van der Waals surface area contributed by atoms with Crippen LogP contribution in [0, 0.1) is 0 Å². The number of aryl methyl sites for hydroxylation is 1. The summed E-state index contributed by atoms with van der Waals surface area (Å²) in [5.74, 6) is 0.617. The summed E-state index contributed by atoms with van der Waals surface area (Å²) in [6.45, 7) is 0.581. The average molecular weight is 396 g/mol. The van der Waals surface area contributed by atoms with Crippen molar-refractivity contribution in [1.29, 1.82) is 0 Å². The Morgan fingerprint density at radius 2 is 2.07 bits per heavy atom. The highest BCUT2D eigenvalue weighted by Crippen LogP contribution is 2.32. The van der Waals surface area contributed by atoms with Crippen LogP contribution in [0.25, 0.3) is 21.9 Å². The standard InChI is InChI=1S/C20H18ClN5O2/c1-26-20(28-11-12-3-2-4-14(21)7-12)17(10-23-26)13-5-6-15-16(8-13)18(9-22)24-25-19(15)27/h2-8,10H,9,11,22H2,1H3,(H,25,27). The molecule has 2 heterocycles. The van der Waals surface area contributed by atoms with Crippen LogP contribution in [0.4, 0.5) is 0 Å². The number of aromatic nitrogens is 4. The molecule has 0 spiro atoms. The summed E-state index contributed by atoms with van der Waals surface area (Å²) in [5.41, 5.74) is 8.79. The number of rotatable bonds is 5. The second kappa shape index (κ2) is 7.46. The molecule has 0 aliphatic heterocycles. The minimum Gasteiger partial charge on any atom is -0.473 e. The highest BCUT2D eigenvalue weighted by Gasteiger charge is 2.15. The van der Waals surface area contributed by atoms with Gasteiger partial charge in [-0.2, -0.15) is 10.2 Å².